The highest BCUT2D eigenvalue weighted by molar-refractivity contribution is 7.15. The van der Waals surface area contributed by atoms with Crippen LogP contribution in [-0.2, 0) is 6.42 Å². The van der Waals surface area contributed by atoms with Gasteiger partial charge < -0.3 is 9.84 Å². The molecule has 8 heteroatoms. The van der Waals surface area contributed by atoms with Crippen molar-refractivity contribution in [2.24, 2.45) is 0 Å². The molecule has 1 fully saturated rings. The predicted octanol–water partition coefficient (Wildman–Crippen LogP) is 3.65. The van der Waals surface area contributed by atoms with Gasteiger partial charge in [-0.1, -0.05) is 16.5 Å². The molecule has 0 atom stereocenters. The minimum absolute atomic E-state index is 0.282. The summed E-state index contributed by atoms with van der Waals surface area (Å²) in [5.41, 5.74) is 0.742. The van der Waals surface area contributed by atoms with Crippen molar-refractivity contribution < 1.29 is 8.91 Å². The van der Waals surface area contributed by atoms with Crippen LogP contribution in [0.2, 0.25) is 0 Å². The third-order valence-electron chi connectivity index (χ3n) is 3.78. The maximum absolute atomic E-state index is 12.9. The Bertz CT molecular complexity index is 812. The van der Waals surface area contributed by atoms with Crippen molar-refractivity contribution in [2.45, 2.75) is 31.6 Å². The molecule has 1 aliphatic carbocycles. The minimum Gasteiger partial charge on any atom is -0.360 e. The molecule has 4 rings (SSSR count). The Morgan fingerprint density at radius 1 is 1.21 bits per heavy atom. The molecule has 0 unspecified atom stereocenters. The van der Waals surface area contributed by atoms with E-state index in [2.05, 4.69) is 25.7 Å². The number of nitrogens with zero attached hydrogens (tertiary/aromatic N) is 4. The molecule has 6 nitrogen and oxygen atoms in total. The van der Waals surface area contributed by atoms with Crippen LogP contribution in [0.15, 0.2) is 28.8 Å². The number of anilines is 1. The smallest absolute Gasteiger partial charge is 0.227 e. The van der Waals surface area contributed by atoms with Crippen LogP contribution in [0, 0.1) is 5.82 Å². The van der Waals surface area contributed by atoms with Crippen LogP contribution in [0.4, 0.5) is 9.52 Å². The van der Waals surface area contributed by atoms with Gasteiger partial charge in [-0.15, -0.1) is 10.2 Å². The molecule has 2 aromatic heterocycles. The van der Waals surface area contributed by atoms with Gasteiger partial charge in [0.05, 0.1) is 0 Å². The molecule has 0 aliphatic heterocycles. The lowest BCUT2D eigenvalue weighted by Gasteiger charge is -1.98. The summed E-state index contributed by atoms with van der Waals surface area (Å²) in [4.78, 5) is 4.34. The Labute approximate surface area is 142 Å². The molecule has 0 amide bonds. The van der Waals surface area contributed by atoms with E-state index in [0.717, 1.165) is 28.7 Å². The first-order valence-corrected chi connectivity index (χ1v) is 8.75. The molecule has 24 heavy (non-hydrogen) atoms. The Balaban J connectivity index is 1.26. The average Bonchev–Trinajstić information content (AvgIpc) is 3.15. The van der Waals surface area contributed by atoms with Gasteiger partial charge in [-0.3, -0.25) is 0 Å². The van der Waals surface area contributed by atoms with Crippen LogP contribution in [0.3, 0.4) is 0 Å². The van der Waals surface area contributed by atoms with Gasteiger partial charge >= 0.3 is 0 Å². The molecule has 1 N–H and O–H groups in total. The van der Waals surface area contributed by atoms with Crippen LogP contribution < -0.4 is 5.32 Å². The van der Waals surface area contributed by atoms with Gasteiger partial charge in [0.25, 0.3) is 0 Å². The van der Waals surface area contributed by atoms with E-state index in [9.17, 15) is 4.39 Å². The standard InChI is InChI=1S/C16H16FN5OS/c17-12-7-5-10(6-8-12)14-19-13(23-22-14)2-1-9-18-16-21-20-15(24-16)11-3-4-11/h5-8,11H,1-4,9H2,(H,18,21). The molecule has 1 aromatic carbocycles. The second-order valence-corrected chi connectivity index (χ2v) is 6.78. The zero-order valence-electron chi connectivity index (χ0n) is 12.9. The fourth-order valence-electron chi connectivity index (χ4n) is 2.31. The monoisotopic (exact) mass is 345 g/mol. The van der Waals surface area contributed by atoms with E-state index in [1.165, 1.54) is 25.0 Å². The minimum atomic E-state index is -0.282. The van der Waals surface area contributed by atoms with Gasteiger partial charge in [0.2, 0.25) is 16.8 Å². The number of rotatable bonds is 7. The summed E-state index contributed by atoms with van der Waals surface area (Å²) in [5.74, 6) is 1.42. The van der Waals surface area contributed by atoms with Crippen molar-refractivity contribution >= 4 is 16.5 Å². The summed E-state index contributed by atoms with van der Waals surface area (Å²) >= 11 is 1.64. The van der Waals surface area contributed by atoms with E-state index < -0.39 is 0 Å². The third-order valence-corrected chi connectivity index (χ3v) is 4.82. The molecule has 0 saturated heterocycles. The normalized spacial score (nSPS) is 14.0. The quantitative estimate of drug-likeness (QED) is 0.659. The van der Waals surface area contributed by atoms with Gasteiger partial charge in [-0.25, -0.2) is 4.39 Å². The number of benzene rings is 1. The summed E-state index contributed by atoms with van der Waals surface area (Å²) in [6.45, 7) is 0.771. The van der Waals surface area contributed by atoms with Crippen molar-refractivity contribution in [3.05, 3.63) is 41.0 Å². The molecule has 0 radical (unpaired) electrons. The number of halogens is 1. The largest absolute Gasteiger partial charge is 0.360 e. The molecule has 1 aliphatic rings. The third kappa shape index (κ3) is 3.59. The molecule has 2 heterocycles. The van der Waals surface area contributed by atoms with Gasteiger partial charge in [-0.2, -0.15) is 4.98 Å². The molecule has 0 bridgehead atoms. The van der Waals surface area contributed by atoms with E-state index in [-0.39, 0.29) is 5.82 Å². The topological polar surface area (TPSA) is 76.7 Å². The highest BCUT2D eigenvalue weighted by atomic mass is 32.1. The number of hydrogen-bond donors (Lipinski definition) is 1. The van der Waals surface area contributed by atoms with Crippen molar-refractivity contribution in [2.75, 3.05) is 11.9 Å². The Morgan fingerprint density at radius 3 is 2.83 bits per heavy atom. The van der Waals surface area contributed by atoms with Crippen molar-refractivity contribution in [3.8, 4) is 11.4 Å². The molecule has 0 spiro atoms. The number of aromatic nitrogens is 4. The van der Waals surface area contributed by atoms with E-state index in [4.69, 9.17) is 4.52 Å². The summed E-state index contributed by atoms with van der Waals surface area (Å²) in [6.07, 6.45) is 4.00. The number of aryl methyl sites for hydroxylation is 1. The number of nitrogens with one attached hydrogen (secondary N) is 1. The Kier molecular flexibility index (Phi) is 4.20. The van der Waals surface area contributed by atoms with Gasteiger partial charge in [-0.05, 0) is 43.5 Å². The predicted molar refractivity (Wildman–Crippen MR) is 88.4 cm³/mol. The van der Waals surface area contributed by atoms with Crippen molar-refractivity contribution in [3.63, 3.8) is 0 Å². The first-order valence-electron chi connectivity index (χ1n) is 7.94. The lowest BCUT2D eigenvalue weighted by Crippen LogP contribution is -2.02. The Morgan fingerprint density at radius 2 is 2.04 bits per heavy atom. The van der Waals surface area contributed by atoms with E-state index in [1.54, 1.807) is 23.5 Å². The summed E-state index contributed by atoms with van der Waals surface area (Å²) in [5, 5.41) is 17.6. The molecular weight excluding hydrogens is 329 g/mol. The van der Waals surface area contributed by atoms with Crippen molar-refractivity contribution in [1.82, 2.24) is 20.3 Å². The van der Waals surface area contributed by atoms with Crippen LogP contribution in [-0.4, -0.2) is 26.9 Å². The maximum atomic E-state index is 12.9. The van der Waals surface area contributed by atoms with Gasteiger partial charge in [0, 0.05) is 24.4 Å². The zero-order chi connectivity index (χ0) is 16.4. The van der Waals surface area contributed by atoms with Crippen LogP contribution in [0.5, 0.6) is 0 Å². The van der Waals surface area contributed by atoms with E-state index >= 15 is 0 Å². The van der Waals surface area contributed by atoms with Crippen molar-refractivity contribution in [1.29, 1.82) is 0 Å². The average molecular weight is 345 g/mol. The first-order chi connectivity index (χ1) is 11.8. The fourth-order valence-corrected chi connectivity index (χ4v) is 3.25. The fraction of sp³-hybridized carbons (Fsp3) is 0.375. The highest BCUT2D eigenvalue weighted by Gasteiger charge is 2.27. The lowest BCUT2D eigenvalue weighted by molar-refractivity contribution is 0.377. The molecule has 124 valence electrons. The molecule has 3 aromatic rings. The van der Waals surface area contributed by atoms with E-state index in [0.29, 0.717) is 24.1 Å². The highest BCUT2D eigenvalue weighted by Crippen LogP contribution is 2.41. The number of hydrogen-bond acceptors (Lipinski definition) is 7. The van der Waals surface area contributed by atoms with Gasteiger partial charge in [0.1, 0.15) is 10.8 Å². The molecular formula is C16H16FN5OS. The molecule has 1 saturated carbocycles. The SMILES string of the molecule is Fc1ccc(-c2noc(CCCNc3nnc(C4CC4)s3)n2)cc1. The second kappa shape index (κ2) is 6.64. The van der Waals surface area contributed by atoms with Crippen LogP contribution >= 0.6 is 11.3 Å². The first kappa shape index (κ1) is 15.2. The maximum Gasteiger partial charge on any atom is 0.227 e. The Hall–Kier alpha value is -2.35. The second-order valence-electron chi connectivity index (χ2n) is 5.77. The summed E-state index contributed by atoms with van der Waals surface area (Å²) < 4.78 is 18.2. The van der Waals surface area contributed by atoms with Crippen LogP contribution in [0.25, 0.3) is 11.4 Å². The van der Waals surface area contributed by atoms with E-state index in [1.807, 2.05) is 0 Å². The van der Waals surface area contributed by atoms with Gasteiger partial charge in [0.15, 0.2) is 0 Å². The summed E-state index contributed by atoms with van der Waals surface area (Å²) in [6, 6.07) is 6.04. The zero-order valence-corrected chi connectivity index (χ0v) is 13.7. The summed E-state index contributed by atoms with van der Waals surface area (Å²) in [7, 11) is 0. The van der Waals surface area contributed by atoms with Crippen LogP contribution in [0.1, 0.15) is 36.1 Å². The lowest BCUT2D eigenvalue weighted by atomic mass is 10.2.